The highest BCUT2D eigenvalue weighted by Gasteiger charge is 2.30. The first-order valence-electron chi connectivity index (χ1n) is 32.1. The number of hydrogen-bond donors (Lipinski definition) is 0. The third-order valence-electron chi connectivity index (χ3n) is 19.9. The van der Waals surface area contributed by atoms with Crippen molar-refractivity contribution in [1.82, 2.24) is 9.13 Å². The molecule has 0 radical (unpaired) electrons. The van der Waals surface area contributed by atoms with E-state index >= 15 is 0 Å². The van der Waals surface area contributed by atoms with Crippen LogP contribution in [0.5, 0.6) is 0 Å². The minimum Gasteiger partial charge on any atom is -0.310 e. The SMILES string of the molecule is CCc1ccc(-n2c3ccccc3c3cc(N(c4cccc5c4CCCC5)c4cc(C(C)C)c5ccc6c(N(c7ccc8c(c7)c7ccccc7n8-c7ccc(CC)cc7)c7cccc8c7CCCC8)cc(C(C)C)c7ccc4c5c76)ccc32)cc1. The Kier molecular flexibility index (Phi) is 12.7. The molecule has 86 heavy (non-hydrogen) atoms. The van der Waals surface area contributed by atoms with Gasteiger partial charge in [0.25, 0.3) is 0 Å². The van der Waals surface area contributed by atoms with E-state index in [0.717, 1.165) is 38.5 Å². The van der Waals surface area contributed by atoms with Gasteiger partial charge in [-0.25, -0.2) is 0 Å². The summed E-state index contributed by atoms with van der Waals surface area (Å²) in [5.74, 6) is 0.526. The molecule has 0 saturated carbocycles. The molecule has 0 unspecified atom stereocenters. The van der Waals surface area contributed by atoms with Crippen LogP contribution in [0.15, 0.2) is 206 Å². The summed E-state index contributed by atoms with van der Waals surface area (Å²) in [7, 11) is 0. The summed E-state index contributed by atoms with van der Waals surface area (Å²) in [5, 5.41) is 13.0. The smallest absolute Gasteiger partial charge is 0.0543 e. The Balaban J connectivity index is 0.975. The van der Waals surface area contributed by atoms with Crippen molar-refractivity contribution in [2.24, 2.45) is 0 Å². The molecule has 2 heterocycles. The molecule has 0 amide bonds. The highest BCUT2D eigenvalue weighted by Crippen LogP contribution is 2.53. The van der Waals surface area contributed by atoms with Gasteiger partial charge in [0.05, 0.1) is 33.4 Å². The fraction of sp³-hybridized carbons (Fsp3) is 0.220. The summed E-state index contributed by atoms with van der Waals surface area (Å²) in [6.45, 7) is 14.1. The molecule has 0 aliphatic heterocycles. The fourth-order valence-corrected chi connectivity index (χ4v) is 15.6. The molecule has 2 aromatic heterocycles. The number of anilines is 6. The van der Waals surface area contributed by atoms with E-state index in [9.17, 15) is 0 Å². The van der Waals surface area contributed by atoms with E-state index in [1.165, 1.54) is 192 Å². The Morgan fingerprint density at radius 1 is 0.337 bits per heavy atom. The van der Waals surface area contributed by atoms with Crippen LogP contribution in [0.2, 0.25) is 0 Å². The van der Waals surface area contributed by atoms with Gasteiger partial charge in [0.1, 0.15) is 0 Å². The maximum atomic E-state index is 2.68. The minimum atomic E-state index is 0.263. The van der Waals surface area contributed by atoms with Gasteiger partial charge in [-0.3, -0.25) is 0 Å². The van der Waals surface area contributed by atoms with Crippen LogP contribution in [0.25, 0.3) is 87.3 Å². The van der Waals surface area contributed by atoms with Gasteiger partial charge in [0.2, 0.25) is 0 Å². The molecular formula is C82H74N4. The Labute approximate surface area is 505 Å². The molecule has 4 heteroatoms. The van der Waals surface area contributed by atoms with Gasteiger partial charge >= 0.3 is 0 Å². The summed E-state index contributed by atoms with van der Waals surface area (Å²) in [6.07, 6.45) is 11.2. The molecular weight excluding hydrogens is 1040 g/mol. The lowest BCUT2D eigenvalue weighted by molar-refractivity contribution is 0.686. The topological polar surface area (TPSA) is 16.3 Å². The van der Waals surface area contributed by atoms with Gasteiger partial charge in [0.15, 0.2) is 0 Å². The first kappa shape index (κ1) is 52.4. The zero-order valence-corrected chi connectivity index (χ0v) is 50.6. The summed E-state index contributed by atoms with van der Waals surface area (Å²) in [5.41, 5.74) is 26.1. The number of nitrogens with zero attached hydrogens (tertiary/aromatic N) is 4. The van der Waals surface area contributed by atoms with E-state index in [2.05, 4.69) is 267 Å². The number of hydrogen-bond acceptors (Lipinski definition) is 2. The number of rotatable bonds is 12. The zero-order chi connectivity index (χ0) is 57.9. The van der Waals surface area contributed by atoms with Gasteiger partial charge in [-0.1, -0.05) is 151 Å². The standard InChI is InChI=1S/C82H74N4/c1-7-53-31-35-57(36-32-53)83-75-27-15-13-25-63(75)71-47-59(39-45-77(71)83)85(73-29-17-21-55-19-9-11-23-61(55)73)79-49-69(51(3)4)65-42-44-68-80(50-70(52(5)6)66-41-43-67(79)81(65)82(66)68)86(74-30-18-22-56-20-10-12-24-62(56)74)60-40-46-78-72(48-60)64-26-14-16-28-76(64)84(78)58-37-33-54(8-2)34-38-58/h13-18,21-22,25-52H,7-12,19-20,23-24H2,1-6H3. The molecule has 0 saturated heterocycles. The number of fused-ring (bicyclic) bond motifs is 8. The molecule has 0 atom stereocenters. The third kappa shape index (κ3) is 8.23. The Hall–Kier alpha value is -9.12. The lowest BCUT2D eigenvalue weighted by Crippen LogP contribution is -2.17. The van der Waals surface area contributed by atoms with Crippen LogP contribution in [0.1, 0.15) is 124 Å². The molecule has 2 aliphatic carbocycles. The molecule has 0 spiro atoms. The van der Waals surface area contributed by atoms with Gasteiger partial charge < -0.3 is 18.9 Å². The van der Waals surface area contributed by atoms with Gasteiger partial charge in [-0.2, -0.15) is 0 Å². The number of para-hydroxylation sites is 2. The van der Waals surface area contributed by atoms with Crippen molar-refractivity contribution in [1.29, 1.82) is 0 Å². The summed E-state index contributed by atoms with van der Waals surface area (Å²) < 4.78 is 4.94. The largest absolute Gasteiger partial charge is 0.310 e. The number of aryl methyl sites for hydroxylation is 4. The van der Waals surface area contributed by atoms with Crippen LogP contribution in [-0.4, -0.2) is 9.13 Å². The molecule has 12 aromatic carbocycles. The average Bonchev–Trinajstić information content (AvgIpc) is 1.60. The Morgan fingerprint density at radius 2 is 0.733 bits per heavy atom. The molecule has 2 aliphatic rings. The highest BCUT2D eigenvalue weighted by molar-refractivity contribution is 6.30. The predicted molar refractivity (Wildman–Crippen MR) is 368 cm³/mol. The van der Waals surface area contributed by atoms with Gasteiger partial charge in [0, 0.05) is 66.4 Å². The summed E-state index contributed by atoms with van der Waals surface area (Å²) in [4.78, 5) is 5.36. The van der Waals surface area contributed by atoms with Crippen molar-refractivity contribution in [2.45, 2.75) is 118 Å². The summed E-state index contributed by atoms with van der Waals surface area (Å²) >= 11 is 0. The van der Waals surface area contributed by atoms with Crippen molar-refractivity contribution in [2.75, 3.05) is 9.80 Å². The molecule has 0 N–H and O–H groups in total. The third-order valence-corrected chi connectivity index (χ3v) is 19.9. The Bertz CT molecular complexity index is 4660. The van der Waals surface area contributed by atoms with Crippen molar-refractivity contribution in [3.05, 3.63) is 251 Å². The van der Waals surface area contributed by atoms with Gasteiger partial charge in [-0.15, -0.1) is 0 Å². The van der Waals surface area contributed by atoms with Crippen LogP contribution in [0.4, 0.5) is 34.1 Å². The van der Waals surface area contributed by atoms with Gasteiger partial charge in [-0.05, 0) is 239 Å². The lowest BCUT2D eigenvalue weighted by atomic mass is 9.83. The maximum Gasteiger partial charge on any atom is 0.0543 e. The molecule has 0 fully saturated rings. The van der Waals surface area contributed by atoms with E-state index < -0.39 is 0 Å². The highest BCUT2D eigenvalue weighted by atomic mass is 15.2. The fourth-order valence-electron chi connectivity index (χ4n) is 15.6. The van der Waals surface area contributed by atoms with Crippen LogP contribution in [0, 0.1) is 0 Å². The van der Waals surface area contributed by atoms with E-state index in [4.69, 9.17) is 0 Å². The number of aromatic nitrogens is 2. The first-order chi connectivity index (χ1) is 42.2. The van der Waals surface area contributed by atoms with E-state index in [1.54, 1.807) is 0 Å². The summed E-state index contributed by atoms with van der Waals surface area (Å²) in [6, 6.07) is 80.4. The zero-order valence-electron chi connectivity index (χ0n) is 50.6. The predicted octanol–water partition coefficient (Wildman–Crippen LogP) is 22.8. The first-order valence-corrected chi connectivity index (χ1v) is 32.1. The van der Waals surface area contributed by atoms with Crippen LogP contribution >= 0.6 is 0 Å². The number of benzene rings is 12. The molecule has 422 valence electrons. The monoisotopic (exact) mass is 1110 g/mol. The average molecular weight is 1120 g/mol. The van der Waals surface area contributed by atoms with Crippen molar-refractivity contribution in [3.63, 3.8) is 0 Å². The lowest BCUT2D eigenvalue weighted by Gasteiger charge is -2.34. The minimum absolute atomic E-state index is 0.263. The molecule has 0 bridgehead atoms. The molecule has 16 rings (SSSR count). The van der Waals surface area contributed by atoms with Crippen molar-refractivity contribution in [3.8, 4) is 11.4 Å². The van der Waals surface area contributed by atoms with Crippen molar-refractivity contribution < 1.29 is 0 Å². The van der Waals surface area contributed by atoms with Crippen LogP contribution in [0.3, 0.4) is 0 Å². The second-order valence-corrected chi connectivity index (χ2v) is 25.4. The van der Waals surface area contributed by atoms with Crippen LogP contribution in [-0.2, 0) is 38.5 Å². The van der Waals surface area contributed by atoms with E-state index in [1.807, 2.05) is 0 Å². The molecule has 4 nitrogen and oxygen atoms in total. The quantitative estimate of drug-likeness (QED) is 0.113. The van der Waals surface area contributed by atoms with E-state index in [-0.39, 0.29) is 11.8 Å². The maximum absolute atomic E-state index is 2.68. The normalized spacial score (nSPS) is 13.6. The second kappa shape index (κ2) is 20.8. The van der Waals surface area contributed by atoms with Crippen molar-refractivity contribution >= 4 is 110 Å². The second-order valence-electron chi connectivity index (χ2n) is 25.4. The van der Waals surface area contributed by atoms with Crippen LogP contribution < -0.4 is 9.80 Å². The Morgan fingerprint density at radius 3 is 1.15 bits per heavy atom. The molecule has 14 aromatic rings. The van der Waals surface area contributed by atoms with E-state index in [0.29, 0.717) is 0 Å².